The van der Waals surface area contributed by atoms with Crippen LogP contribution >= 0.6 is 0 Å². The molecule has 1 aliphatic rings. The summed E-state index contributed by atoms with van der Waals surface area (Å²) in [5, 5.41) is 1.82. The lowest BCUT2D eigenvalue weighted by atomic mass is 10.1. The second-order valence-electron chi connectivity index (χ2n) is 5.40. The Balaban J connectivity index is 1.79. The summed E-state index contributed by atoms with van der Waals surface area (Å²) in [5.74, 6) is 0.262. The SMILES string of the molecule is NC(=O)c1ccc2c(c1)-n1cccc1ON2Cc1ccccc1. The molecule has 2 aromatic carbocycles. The average molecular weight is 305 g/mol. The number of rotatable bonds is 3. The van der Waals surface area contributed by atoms with Gasteiger partial charge in [0, 0.05) is 17.8 Å². The maximum atomic E-state index is 11.5. The highest BCUT2D eigenvalue weighted by molar-refractivity contribution is 5.94. The minimum absolute atomic E-state index is 0.442. The van der Waals surface area contributed by atoms with Crippen molar-refractivity contribution in [1.82, 2.24) is 4.57 Å². The van der Waals surface area contributed by atoms with Crippen molar-refractivity contribution >= 4 is 11.6 Å². The lowest BCUT2D eigenvalue weighted by molar-refractivity contribution is 0.1000. The number of aromatic nitrogens is 1. The molecule has 0 unspecified atom stereocenters. The van der Waals surface area contributed by atoms with Gasteiger partial charge in [0.25, 0.3) is 0 Å². The maximum absolute atomic E-state index is 11.5. The fourth-order valence-electron chi connectivity index (χ4n) is 2.75. The van der Waals surface area contributed by atoms with E-state index in [1.165, 1.54) is 0 Å². The molecular weight excluding hydrogens is 290 g/mol. The first kappa shape index (κ1) is 13.5. The van der Waals surface area contributed by atoms with E-state index < -0.39 is 5.91 Å². The quantitative estimate of drug-likeness (QED) is 0.809. The number of primary amides is 1. The standard InChI is InChI=1S/C18H15N3O2/c19-18(22)14-8-9-15-16(11-14)20-10-4-7-17(20)23-21(15)12-13-5-2-1-3-6-13/h1-11H,12H2,(H2,19,22). The molecule has 3 aromatic rings. The molecule has 0 spiro atoms. The van der Waals surface area contributed by atoms with E-state index in [-0.39, 0.29) is 0 Å². The van der Waals surface area contributed by atoms with E-state index in [1.807, 2.05) is 52.2 Å². The van der Waals surface area contributed by atoms with Crippen molar-refractivity contribution in [2.75, 3.05) is 5.06 Å². The number of nitrogens with zero attached hydrogens (tertiary/aromatic N) is 2. The molecule has 0 bridgehead atoms. The molecule has 1 amide bonds. The molecule has 114 valence electrons. The molecule has 0 atom stereocenters. The largest absolute Gasteiger partial charge is 0.366 e. The van der Waals surface area contributed by atoms with Crippen LogP contribution in [0.2, 0.25) is 0 Å². The monoisotopic (exact) mass is 305 g/mol. The third-order valence-corrected chi connectivity index (χ3v) is 3.87. The normalized spacial score (nSPS) is 12.3. The summed E-state index contributed by atoms with van der Waals surface area (Å²) < 4.78 is 1.91. The Hall–Kier alpha value is -3.21. The van der Waals surface area contributed by atoms with Crippen LogP contribution in [0, 0.1) is 0 Å². The lowest BCUT2D eigenvalue weighted by Gasteiger charge is -2.31. The van der Waals surface area contributed by atoms with Crippen molar-refractivity contribution in [3.8, 4) is 11.6 Å². The number of benzene rings is 2. The van der Waals surface area contributed by atoms with Gasteiger partial charge in [-0.25, -0.2) is 5.06 Å². The first-order valence-corrected chi connectivity index (χ1v) is 7.33. The van der Waals surface area contributed by atoms with Crippen LogP contribution in [0.15, 0.2) is 66.9 Å². The second-order valence-corrected chi connectivity index (χ2v) is 5.40. The molecule has 5 heteroatoms. The van der Waals surface area contributed by atoms with Gasteiger partial charge in [-0.3, -0.25) is 9.36 Å². The highest BCUT2D eigenvalue weighted by atomic mass is 16.7. The van der Waals surface area contributed by atoms with Gasteiger partial charge in [0.05, 0.1) is 17.9 Å². The van der Waals surface area contributed by atoms with Gasteiger partial charge in [0.1, 0.15) is 0 Å². The number of carbonyl (C=O) groups is 1. The highest BCUT2D eigenvalue weighted by Crippen LogP contribution is 2.35. The summed E-state index contributed by atoms with van der Waals surface area (Å²) >= 11 is 0. The van der Waals surface area contributed by atoms with Gasteiger partial charge in [0.15, 0.2) is 0 Å². The van der Waals surface area contributed by atoms with Crippen LogP contribution < -0.4 is 15.6 Å². The molecule has 2 N–H and O–H groups in total. The van der Waals surface area contributed by atoms with Crippen LogP contribution in [0.25, 0.3) is 5.69 Å². The second kappa shape index (κ2) is 5.21. The predicted molar refractivity (Wildman–Crippen MR) is 87.5 cm³/mol. The molecule has 2 heterocycles. The van der Waals surface area contributed by atoms with Crippen LogP contribution in [-0.2, 0) is 6.54 Å². The molecule has 5 nitrogen and oxygen atoms in total. The van der Waals surface area contributed by atoms with Gasteiger partial charge >= 0.3 is 0 Å². The molecule has 0 saturated heterocycles. The Bertz CT molecular complexity index is 871. The van der Waals surface area contributed by atoms with Crippen molar-refractivity contribution in [2.45, 2.75) is 6.54 Å². The number of hydrogen-bond acceptors (Lipinski definition) is 3. The number of carbonyl (C=O) groups excluding carboxylic acids is 1. The maximum Gasteiger partial charge on any atom is 0.248 e. The molecule has 1 aromatic heterocycles. The van der Waals surface area contributed by atoms with Crippen LogP contribution in [0.1, 0.15) is 15.9 Å². The van der Waals surface area contributed by atoms with Crippen molar-refractivity contribution in [3.63, 3.8) is 0 Å². The molecule has 4 rings (SSSR count). The minimum atomic E-state index is -0.442. The number of nitrogens with two attached hydrogens (primary N) is 1. The van der Waals surface area contributed by atoms with Gasteiger partial charge < -0.3 is 10.6 Å². The Morgan fingerprint density at radius 2 is 1.83 bits per heavy atom. The Morgan fingerprint density at radius 3 is 2.61 bits per heavy atom. The fourth-order valence-corrected chi connectivity index (χ4v) is 2.75. The van der Waals surface area contributed by atoms with Gasteiger partial charge in [-0.1, -0.05) is 30.3 Å². The first-order chi connectivity index (χ1) is 11.2. The van der Waals surface area contributed by atoms with Crippen molar-refractivity contribution < 1.29 is 9.63 Å². The molecule has 23 heavy (non-hydrogen) atoms. The third-order valence-electron chi connectivity index (χ3n) is 3.87. The molecule has 0 radical (unpaired) electrons. The van der Waals surface area contributed by atoms with Crippen molar-refractivity contribution in [2.24, 2.45) is 5.73 Å². The van der Waals surface area contributed by atoms with Crippen LogP contribution in [0.4, 0.5) is 5.69 Å². The summed E-state index contributed by atoms with van der Waals surface area (Å²) in [6.07, 6.45) is 1.90. The van der Waals surface area contributed by atoms with E-state index in [0.29, 0.717) is 18.0 Å². The Morgan fingerprint density at radius 1 is 1.00 bits per heavy atom. The van der Waals surface area contributed by atoms with E-state index in [9.17, 15) is 4.79 Å². The first-order valence-electron chi connectivity index (χ1n) is 7.33. The Kier molecular flexibility index (Phi) is 3.05. The topological polar surface area (TPSA) is 60.5 Å². The molecule has 0 fully saturated rings. The zero-order valence-electron chi connectivity index (χ0n) is 12.3. The van der Waals surface area contributed by atoms with Crippen molar-refractivity contribution in [1.29, 1.82) is 0 Å². The van der Waals surface area contributed by atoms with Gasteiger partial charge in [-0.15, -0.1) is 0 Å². The number of hydroxylamine groups is 1. The molecular formula is C18H15N3O2. The zero-order chi connectivity index (χ0) is 15.8. The molecule has 0 aliphatic carbocycles. The highest BCUT2D eigenvalue weighted by Gasteiger charge is 2.24. The van der Waals surface area contributed by atoms with Crippen LogP contribution in [0.5, 0.6) is 5.88 Å². The Labute approximate surface area is 133 Å². The fraction of sp³-hybridized carbons (Fsp3) is 0.0556. The van der Waals surface area contributed by atoms with E-state index in [1.54, 1.807) is 12.1 Å². The van der Waals surface area contributed by atoms with E-state index >= 15 is 0 Å². The van der Waals surface area contributed by atoms with Crippen molar-refractivity contribution in [3.05, 3.63) is 78.0 Å². The summed E-state index contributed by atoms with van der Waals surface area (Å²) in [6.45, 7) is 0.606. The smallest absolute Gasteiger partial charge is 0.248 e. The zero-order valence-corrected chi connectivity index (χ0v) is 12.3. The third kappa shape index (κ3) is 2.32. The molecule has 1 aliphatic heterocycles. The van der Waals surface area contributed by atoms with Gasteiger partial charge in [-0.05, 0) is 29.8 Å². The number of anilines is 1. The number of fused-ring (bicyclic) bond motifs is 3. The van der Waals surface area contributed by atoms with Gasteiger partial charge in [0.2, 0.25) is 11.8 Å². The van der Waals surface area contributed by atoms with Crippen LogP contribution in [0.3, 0.4) is 0 Å². The number of amides is 1. The summed E-state index contributed by atoms with van der Waals surface area (Å²) in [4.78, 5) is 17.5. The van der Waals surface area contributed by atoms with Crippen LogP contribution in [-0.4, -0.2) is 10.5 Å². The average Bonchev–Trinajstić information content (AvgIpc) is 3.04. The summed E-state index contributed by atoms with van der Waals surface area (Å²) in [5.41, 5.74) is 8.79. The summed E-state index contributed by atoms with van der Waals surface area (Å²) in [6, 6.07) is 19.2. The summed E-state index contributed by atoms with van der Waals surface area (Å²) in [7, 11) is 0. The molecule has 0 saturated carbocycles. The van der Waals surface area contributed by atoms with E-state index in [4.69, 9.17) is 10.6 Å². The minimum Gasteiger partial charge on any atom is -0.366 e. The van der Waals surface area contributed by atoms with E-state index in [0.717, 1.165) is 16.9 Å². The predicted octanol–water partition coefficient (Wildman–Crippen LogP) is 2.89. The van der Waals surface area contributed by atoms with Gasteiger partial charge in [-0.2, -0.15) is 0 Å². The van der Waals surface area contributed by atoms with E-state index in [2.05, 4.69) is 12.1 Å². The lowest BCUT2D eigenvalue weighted by Crippen LogP contribution is -2.32. The number of hydrogen-bond donors (Lipinski definition) is 1.